The van der Waals surface area contributed by atoms with Crippen molar-refractivity contribution in [2.45, 2.75) is 34.1 Å². The molecule has 4 heteroatoms. The van der Waals surface area contributed by atoms with Gasteiger partial charge in [0.05, 0.1) is 6.61 Å². The van der Waals surface area contributed by atoms with Crippen LogP contribution in [0.3, 0.4) is 0 Å². The molecule has 140 valence electrons. The lowest BCUT2D eigenvalue weighted by molar-refractivity contribution is 0.227. The summed E-state index contributed by atoms with van der Waals surface area (Å²) in [7, 11) is 1.57. The van der Waals surface area contributed by atoms with Crippen molar-refractivity contribution in [3.05, 3.63) is 62.7 Å². The maximum Gasteiger partial charge on any atom is 0.167 e. The second-order valence-corrected chi connectivity index (χ2v) is 6.04. The van der Waals surface area contributed by atoms with Crippen molar-refractivity contribution in [2.24, 2.45) is 4.99 Å². The van der Waals surface area contributed by atoms with Gasteiger partial charge in [-0.15, -0.1) is 0 Å². The molecule has 0 spiro atoms. The third-order valence-corrected chi connectivity index (χ3v) is 4.20. The third-order valence-electron chi connectivity index (χ3n) is 4.20. The zero-order valence-electron chi connectivity index (χ0n) is 16.2. The van der Waals surface area contributed by atoms with Gasteiger partial charge >= 0.3 is 0 Å². The molecule has 0 radical (unpaired) electrons. The number of halogens is 2. The van der Waals surface area contributed by atoms with E-state index in [-0.39, 0.29) is 10.8 Å². The maximum atomic E-state index is 14.7. The van der Waals surface area contributed by atoms with E-state index >= 15 is 0 Å². The van der Waals surface area contributed by atoms with Gasteiger partial charge in [0.25, 0.3) is 0 Å². The van der Waals surface area contributed by atoms with E-state index in [1.165, 1.54) is 0 Å². The van der Waals surface area contributed by atoms with Crippen LogP contribution in [0.5, 0.6) is 0 Å². The van der Waals surface area contributed by atoms with E-state index in [9.17, 15) is 8.78 Å². The first-order chi connectivity index (χ1) is 12.3. The first kappa shape index (κ1) is 21.7. The van der Waals surface area contributed by atoms with E-state index in [0.717, 1.165) is 16.7 Å². The number of nitrogens with zero attached hydrogens (tertiary/aromatic N) is 1. The Hall–Kier alpha value is -2.33. The molecule has 0 saturated heterocycles. The molecule has 1 aromatic rings. The summed E-state index contributed by atoms with van der Waals surface area (Å²) in [6.45, 7) is 15.4. The SMILES string of the molecule is C=C(/C=c1/c(F)c(F)c(/C=C(C)/C(=C/N=CC)COC)c(C)c1=C)CC. The topological polar surface area (TPSA) is 21.6 Å². The van der Waals surface area contributed by atoms with Crippen molar-refractivity contribution in [1.29, 1.82) is 0 Å². The number of hydrogen-bond acceptors (Lipinski definition) is 2. The van der Waals surface area contributed by atoms with E-state index < -0.39 is 11.6 Å². The number of aliphatic imine (C=N–C) groups is 1. The van der Waals surface area contributed by atoms with Crippen molar-refractivity contribution in [3.8, 4) is 0 Å². The molecule has 0 aliphatic carbocycles. The van der Waals surface area contributed by atoms with Gasteiger partial charge in [0.15, 0.2) is 11.6 Å². The summed E-state index contributed by atoms with van der Waals surface area (Å²) < 4.78 is 34.5. The monoisotopic (exact) mass is 359 g/mol. The third kappa shape index (κ3) is 5.09. The Balaban J connectivity index is 3.64. The summed E-state index contributed by atoms with van der Waals surface area (Å²) in [5.74, 6) is -1.79. The number of allylic oxidation sites excluding steroid dienone is 1. The lowest BCUT2D eigenvalue weighted by atomic mass is 9.98. The van der Waals surface area contributed by atoms with Crippen molar-refractivity contribution in [2.75, 3.05) is 13.7 Å². The highest BCUT2D eigenvalue weighted by Gasteiger charge is 2.14. The van der Waals surface area contributed by atoms with E-state index in [0.29, 0.717) is 23.8 Å². The summed E-state index contributed by atoms with van der Waals surface area (Å²) in [5, 5.41) is 0.617. The summed E-state index contributed by atoms with van der Waals surface area (Å²) in [5.41, 5.74) is 3.02. The maximum absolute atomic E-state index is 14.7. The fourth-order valence-electron chi connectivity index (χ4n) is 2.41. The van der Waals surface area contributed by atoms with Crippen LogP contribution in [0.1, 0.15) is 38.3 Å². The van der Waals surface area contributed by atoms with Crippen LogP contribution in [0.25, 0.3) is 18.7 Å². The molecule has 0 saturated carbocycles. The van der Waals surface area contributed by atoms with Gasteiger partial charge in [-0.3, -0.25) is 4.99 Å². The summed E-state index contributed by atoms with van der Waals surface area (Å²) in [6, 6.07) is 0. The van der Waals surface area contributed by atoms with Gasteiger partial charge in [0.1, 0.15) is 0 Å². The zero-order valence-corrected chi connectivity index (χ0v) is 16.2. The summed E-state index contributed by atoms with van der Waals surface area (Å²) >= 11 is 0. The number of hydrogen-bond donors (Lipinski definition) is 0. The minimum Gasteiger partial charge on any atom is -0.380 e. The van der Waals surface area contributed by atoms with Crippen LogP contribution in [0.2, 0.25) is 0 Å². The van der Waals surface area contributed by atoms with Crippen LogP contribution in [0, 0.1) is 18.6 Å². The first-order valence-electron chi connectivity index (χ1n) is 8.48. The standard InChI is InChI=1S/C22H27F2NO/c1-8-14(3)10-19-16(5)17(6)20(22(24)21(19)23)11-15(4)18(13-26-7)12-25-9-2/h9-12H,3,5,8,13H2,1-2,4,6-7H3/b15-11+,18-12+,19-10+,25-9?. The molecule has 0 atom stereocenters. The molecule has 0 aliphatic heterocycles. The Morgan fingerprint density at radius 2 is 1.92 bits per heavy atom. The van der Waals surface area contributed by atoms with Crippen molar-refractivity contribution >= 4 is 24.9 Å². The summed E-state index contributed by atoms with van der Waals surface area (Å²) in [6.07, 6.45) is 7.12. The van der Waals surface area contributed by atoms with E-state index in [1.54, 1.807) is 45.5 Å². The quantitative estimate of drug-likeness (QED) is 0.520. The average molecular weight is 359 g/mol. The smallest absolute Gasteiger partial charge is 0.167 e. The molecule has 0 heterocycles. The highest BCUT2D eigenvalue weighted by atomic mass is 19.2. The molecule has 26 heavy (non-hydrogen) atoms. The molecule has 0 amide bonds. The first-order valence-corrected chi connectivity index (χ1v) is 8.48. The molecule has 0 bridgehead atoms. The molecule has 0 fully saturated rings. The van der Waals surface area contributed by atoms with Crippen LogP contribution in [0.15, 0.2) is 34.5 Å². The number of benzene rings is 1. The fraction of sp³-hybridized carbons (Fsp3) is 0.318. The number of rotatable bonds is 7. The second kappa shape index (κ2) is 9.97. The van der Waals surface area contributed by atoms with Crippen molar-refractivity contribution < 1.29 is 13.5 Å². The fourth-order valence-corrected chi connectivity index (χ4v) is 2.41. The molecule has 0 aromatic heterocycles. The Morgan fingerprint density at radius 3 is 2.46 bits per heavy atom. The van der Waals surface area contributed by atoms with Crippen LogP contribution < -0.4 is 10.4 Å². The summed E-state index contributed by atoms with van der Waals surface area (Å²) in [4.78, 5) is 4.09. The second-order valence-electron chi connectivity index (χ2n) is 6.04. The normalized spacial score (nSPS) is 13.7. The molecular formula is C22H27F2NO. The average Bonchev–Trinajstić information content (AvgIpc) is 2.63. The van der Waals surface area contributed by atoms with Gasteiger partial charge < -0.3 is 4.74 Å². The lowest BCUT2D eigenvalue weighted by Crippen LogP contribution is -2.32. The number of ether oxygens (including phenoxy) is 1. The van der Waals surface area contributed by atoms with Gasteiger partial charge in [-0.25, -0.2) is 8.78 Å². The van der Waals surface area contributed by atoms with Crippen molar-refractivity contribution in [3.63, 3.8) is 0 Å². The van der Waals surface area contributed by atoms with Crippen LogP contribution >= 0.6 is 0 Å². The van der Waals surface area contributed by atoms with Crippen molar-refractivity contribution in [1.82, 2.24) is 0 Å². The Morgan fingerprint density at radius 1 is 1.27 bits per heavy atom. The minimum atomic E-state index is -0.905. The van der Waals surface area contributed by atoms with E-state index in [1.807, 2.05) is 13.8 Å². The van der Waals surface area contributed by atoms with Crippen LogP contribution in [-0.4, -0.2) is 19.9 Å². The Bertz CT molecular complexity index is 877. The number of methoxy groups -OCH3 is 1. The largest absolute Gasteiger partial charge is 0.380 e. The van der Waals surface area contributed by atoms with Gasteiger partial charge in [0.2, 0.25) is 0 Å². The van der Waals surface area contributed by atoms with E-state index in [2.05, 4.69) is 18.2 Å². The minimum absolute atomic E-state index is 0.157. The molecule has 1 rings (SSSR count). The highest BCUT2D eigenvalue weighted by molar-refractivity contribution is 5.63. The van der Waals surface area contributed by atoms with Crippen LogP contribution in [0.4, 0.5) is 8.78 Å². The van der Waals surface area contributed by atoms with Gasteiger partial charge in [-0.2, -0.15) is 0 Å². The lowest BCUT2D eigenvalue weighted by Gasteiger charge is -2.10. The van der Waals surface area contributed by atoms with Gasteiger partial charge in [0, 0.05) is 30.3 Å². The zero-order chi connectivity index (χ0) is 19.9. The Kier molecular flexibility index (Phi) is 8.33. The molecule has 0 N–H and O–H groups in total. The molecule has 1 aromatic carbocycles. The van der Waals surface area contributed by atoms with Crippen LogP contribution in [-0.2, 0) is 4.74 Å². The Labute approximate surface area is 154 Å². The van der Waals surface area contributed by atoms with Gasteiger partial charge in [-0.1, -0.05) is 25.7 Å². The molecule has 0 aliphatic rings. The van der Waals surface area contributed by atoms with Gasteiger partial charge in [-0.05, 0) is 61.3 Å². The predicted molar refractivity (Wildman–Crippen MR) is 108 cm³/mol. The molecule has 2 nitrogen and oxygen atoms in total. The molecule has 0 unspecified atom stereocenters. The molecular weight excluding hydrogens is 332 g/mol. The van der Waals surface area contributed by atoms with E-state index in [4.69, 9.17) is 4.74 Å². The predicted octanol–water partition coefficient (Wildman–Crippen LogP) is 4.45. The highest BCUT2D eigenvalue weighted by Crippen LogP contribution is 2.19.